The minimum Gasteiger partial charge on any atom is -0.494 e. The Morgan fingerprint density at radius 2 is 2.38 bits per heavy atom. The summed E-state index contributed by atoms with van der Waals surface area (Å²) in [5.74, 6) is -0.562. The Morgan fingerprint density at radius 3 is 2.94 bits per heavy atom. The van der Waals surface area contributed by atoms with Gasteiger partial charge < -0.3 is 10.5 Å². The lowest BCUT2D eigenvalue weighted by Crippen LogP contribution is -2.24. The van der Waals surface area contributed by atoms with Crippen molar-refractivity contribution in [1.29, 1.82) is 0 Å². The molecule has 1 aromatic carbocycles. The minimum absolute atomic E-state index is 0.0151. The van der Waals surface area contributed by atoms with Crippen LogP contribution in [0.2, 0.25) is 5.02 Å². The van der Waals surface area contributed by atoms with Crippen molar-refractivity contribution in [3.05, 3.63) is 28.5 Å². The number of rotatable bonds is 3. The van der Waals surface area contributed by atoms with E-state index in [0.717, 1.165) is 0 Å². The van der Waals surface area contributed by atoms with E-state index in [9.17, 15) is 4.39 Å². The molecule has 16 heavy (non-hydrogen) atoms. The van der Waals surface area contributed by atoms with E-state index in [0.29, 0.717) is 5.56 Å². The van der Waals surface area contributed by atoms with E-state index in [1.165, 1.54) is 19.4 Å². The zero-order chi connectivity index (χ0) is 12.1. The quantitative estimate of drug-likeness (QED) is 0.494. The van der Waals surface area contributed by atoms with Gasteiger partial charge in [0, 0.05) is 5.56 Å². The van der Waals surface area contributed by atoms with Gasteiger partial charge in [-0.1, -0.05) is 11.6 Å². The number of thiocarbonyl (C=S) groups is 1. The van der Waals surface area contributed by atoms with Crippen molar-refractivity contribution in [2.75, 3.05) is 7.11 Å². The Morgan fingerprint density at radius 1 is 1.69 bits per heavy atom. The molecule has 86 valence electrons. The highest BCUT2D eigenvalue weighted by Gasteiger charge is 2.10. The molecule has 0 amide bonds. The maximum absolute atomic E-state index is 13.5. The average Bonchev–Trinajstić information content (AvgIpc) is 2.24. The molecule has 0 unspecified atom stereocenters. The van der Waals surface area contributed by atoms with Gasteiger partial charge in [-0.2, -0.15) is 5.10 Å². The maximum Gasteiger partial charge on any atom is 0.184 e. The number of benzene rings is 1. The fourth-order valence-electron chi connectivity index (χ4n) is 0.969. The third-order valence-electron chi connectivity index (χ3n) is 1.68. The van der Waals surface area contributed by atoms with E-state index in [-0.39, 0.29) is 15.9 Å². The molecule has 0 aliphatic heterocycles. The van der Waals surface area contributed by atoms with Crippen LogP contribution in [-0.4, -0.2) is 18.4 Å². The van der Waals surface area contributed by atoms with Crippen LogP contribution in [0.1, 0.15) is 5.56 Å². The van der Waals surface area contributed by atoms with E-state index in [4.69, 9.17) is 22.1 Å². The lowest BCUT2D eigenvalue weighted by molar-refractivity contribution is 0.386. The summed E-state index contributed by atoms with van der Waals surface area (Å²) in [6, 6.07) is 3.01. The second-order valence-corrected chi connectivity index (χ2v) is 3.54. The Hall–Kier alpha value is -1.40. The average molecular weight is 262 g/mol. The molecule has 0 radical (unpaired) electrons. The fraction of sp³-hybridized carbons (Fsp3) is 0.111. The molecule has 0 aliphatic rings. The van der Waals surface area contributed by atoms with Gasteiger partial charge in [0.1, 0.15) is 0 Å². The predicted octanol–water partition coefficient (Wildman–Crippen LogP) is 1.65. The van der Waals surface area contributed by atoms with Gasteiger partial charge in [0.15, 0.2) is 16.7 Å². The Labute approximate surface area is 102 Å². The normalized spacial score (nSPS) is 10.4. The number of nitrogens with two attached hydrogens (primary N) is 1. The van der Waals surface area contributed by atoms with Gasteiger partial charge in [0.25, 0.3) is 0 Å². The van der Waals surface area contributed by atoms with Crippen LogP contribution in [0, 0.1) is 5.82 Å². The largest absolute Gasteiger partial charge is 0.494 e. The third kappa shape index (κ3) is 3.04. The molecular weight excluding hydrogens is 253 g/mol. The van der Waals surface area contributed by atoms with Gasteiger partial charge in [-0.3, -0.25) is 5.43 Å². The molecule has 3 N–H and O–H groups in total. The SMILES string of the molecule is COc1ccc(C=NNC(N)=S)c(Cl)c1F. The van der Waals surface area contributed by atoms with Gasteiger partial charge in [-0.15, -0.1) is 0 Å². The smallest absolute Gasteiger partial charge is 0.184 e. The van der Waals surface area contributed by atoms with Crippen LogP contribution in [0.25, 0.3) is 0 Å². The number of ether oxygens (including phenoxy) is 1. The van der Waals surface area contributed by atoms with Crippen molar-refractivity contribution in [3.8, 4) is 5.75 Å². The first-order valence-electron chi connectivity index (χ1n) is 4.16. The molecule has 0 aromatic heterocycles. The molecule has 1 aromatic rings. The summed E-state index contributed by atoms with van der Waals surface area (Å²) in [5, 5.41) is 3.60. The molecule has 4 nitrogen and oxygen atoms in total. The molecular formula is C9H9ClFN3OS. The van der Waals surface area contributed by atoms with Crippen molar-refractivity contribution >= 4 is 35.1 Å². The standard InChI is InChI=1S/C9H9ClFN3OS/c1-15-6-3-2-5(7(10)8(6)11)4-13-14-9(12)16/h2-4H,1H3,(H3,12,14,16). The summed E-state index contributed by atoms with van der Waals surface area (Å²) < 4.78 is 18.2. The number of nitrogens with one attached hydrogen (secondary N) is 1. The molecule has 0 atom stereocenters. The number of halogens is 2. The molecule has 1 rings (SSSR count). The lowest BCUT2D eigenvalue weighted by atomic mass is 10.2. The van der Waals surface area contributed by atoms with Crippen molar-refractivity contribution in [3.63, 3.8) is 0 Å². The number of methoxy groups -OCH3 is 1. The predicted molar refractivity (Wildman–Crippen MR) is 65.5 cm³/mol. The first-order chi connectivity index (χ1) is 7.56. The van der Waals surface area contributed by atoms with Crippen molar-refractivity contribution in [1.82, 2.24) is 5.43 Å². The van der Waals surface area contributed by atoms with Gasteiger partial charge >= 0.3 is 0 Å². The van der Waals surface area contributed by atoms with Crippen LogP contribution in [0.5, 0.6) is 5.75 Å². The first kappa shape index (κ1) is 12.7. The third-order valence-corrected chi connectivity index (χ3v) is 2.15. The monoisotopic (exact) mass is 261 g/mol. The van der Waals surface area contributed by atoms with E-state index in [1.807, 2.05) is 0 Å². The maximum atomic E-state index is 13.5. The molecule has 0 saturated carbocycles. The lowest BCUT2D eigenvalue weighted by Gasteiger charge is -2.05. The molecule has 0 spiro atoms. The second-order valence-electron chi connectivity index (χ2n) is 2.72. The Bertz CT molecular complexity index is 439. The van der Waals surface area contributed by atoms with E-state index < -0.39 is 5.82 Å². The molecule has 0 heterocycles. The minimum atomic E-state index is -0.636. The molecule has 0 saturated heterocycles. The molecule has 0 aliphatic carbocycles. The molecule has 0 bridgehead atoms. The zero-order valence-electron chi connectivity index (χ0n) is 8.33. The van der Waals surface area contributed by atoms with Crippen LogP contribution in [0.4, 0.5) is 4.39 Å². The van der Waals surface area contributed by atoms with Gasteiger partial charge in [0.2, 0.25) is 0 Å². The summed E-state index contributed by atoms with van der Waals surface area (Å²) >= 11 is 10.3. The summed E-state index contributed by atoms with van der Waals surface area (Å²) in [4.78, 5) is 0. The fourth-order valence-corrected chi connectivity index (χ4v) is 1.23. The van der Waals surface area contributed by atoms with Crippen LogP contribution in [-0.2, 0) is 0 Å². The zero-order valence-corrected chi connectivity index (χ0v) is 9.90. The van der Waals surface area contributed by atoms with Crippen LogP contribution >= 0.6 is 23.8 Å². The van der Waals surface area contributed by atoms with Crippen molar-refractivity contribution < 1.29 is 9.13 Å². The first-order valence-corrected chi connectivity index (χ1v) is 4.95. The number of nitrogens with zero attached hydrogens (tertiary/aromatic N) is 1. The van der Waals surface area contributed by atoms with Crippen molar-refractivity contribution in [2.45, 2.75) is 0 Å². The molecule has 7 heteroatoms. The highest BCUT2D eigenvalue weighted by molar-refractivity contribution is 7.80. The van der Waals surface area contributed by atoms with Gasteiger partial charge in [-0.25, -0.2) is 4.39 Å². The molecule has 0 fully saturated rings. The second kappa shape index (κ2) is 5.62. The summed E-state index contributed by atoms with van der Waals surface area (Å²) in [6.45, 7) is 0. The van der Waals surface area contributed by atoms with Crippen molar-refractivity contribution in [2.24, 2.45) is 10.8 Å². The van der Waals surface area contributed by atoms with Gasteiger partial charge in [0.05, 0.1) is 18.3 Å². The number of hydrogen-bond acceptors (Lipinski definition) is 3. The number of hydrogen-bond donors (Lipinski definition) is 2. The highest BCUT2D eigenvalue weighted by atomic mass is 35.5. The topological polar surface area (TPSA) is 59.6 Å². The van der Waals surface area contributed by atoms with E-state index >= 15 is 0 Å². The summed E-state index contributed by atoms with van der Waals surface area (Å²) in [5.41, 5.74) is 7.88. The Kier molecular flexibility index (Phi) is 4.45. The van der Waals surface area contributed by atoms with Crippen LogP contribution in [0.3, 0.4) is 0 Å². The summed E-state index contributed by atoms with van der Waals surface area (Å²) in [6.07, 6.45) is 1.31. The highest BCUT2D eigenvalue weighted by Crippen LogP contribution is 2.26. The Balaban J connectivity index is 2.94. The summed E-state index contributed by atoms with van der Waals surface area (Å²) in [7, 11) is 1.36. The van der Waals surface area contributed by atoms with Gasteiger partial charge in [-0.05, 0) is 24.4 Å². The number of hydrazone groups is 1. The van der Waals surface area contributed by atoms with E-state index in [2.05, 4.69) is 22.7 Å². The van der Waals surface area contributed by atoms with E-state index in [1.54, 1.807) is 6.07 Å². The van der Waals surface area contributed by atoms with Crippen LogP contribution in [0.15, 0.2) is 17.2 Å². The van der Waals surface area contributed by atoms with Crippen LogP contribution < -0.4 is 15.9 Å².